The first kappa shape index (κ1) is 20.7. The molecule has 5 nitrogen and oxygen atoms in total. The molecule has 0 aliphatic rings. The van der Waals surface area contributed by atoms with E-state index in [1.807, 2.05) is 35.6 Å². The van der Waals surface area contributed by atoms with Crippen molar-refractivity contribution in [2.75, 3.05) is 6.54 Å². The van der Waals surface area contributed by atoms with Crippen molar-refractivity contribution in [2.45, 2.75) is 18.3 Å². The van der Waals surface area contributed by atoms with E-state index in [2.05, 4.69) is 10.3 Å². The highest BCUT2D eigenvalue weighted by atomic mass is 19.4. The van der Waals surface area contributed by atoms with E-state index < -0.39 is 24.4 Å². The van der Waals surface area contributed by atoms with Crippen molar-refractivity contribution < 1.29 is 23.1 Å². The molecular formula is C23H20F3N3O2. The summed E-state index contributed by atoms with van der Waals surface area (Å²) in [6, 6.07) is 16.3. The number of aromatic nitrogens is 1. The number of hydrogen-bond acceptors (Lipinski definition) is 2. The van der Waals surface area contributed by atoms with Crippen LogP contribution < -0.4 is 10.6 Å². The van der Waals surface area contributed by atoms with Gasteiger partial charge in [-0.05, 0) is 28.5 Å². The van der Waals surface area contributed by atoms with Crippen molar-refractivity contribution in [3.8, 4) is 0 Å². The highest BCUT2D eigenvalue weighted by molar-refractivity contribution is 5.85. The zero-order valence-corrected chi connectivity index (χ0v) is 16.3. The van der Waals surface area contributed by atoms with Crippen LogP contribution in [0.15, 0.2) is 72.9 Å². The molecule has 4 rings (SSSR count). The minimum Gasteiger partial charge on any atom is -0.387 e. The van der Waals surface area contributed by atoms with Gasteiger partial charge in [-0.25, -0.2) is 4.79 Å². The van der Waals surface area contributed by atoms with Crippen LogP contribution in [0.1, 0.15) is 23.3 Å². The third kappa shape index (κ3) is 4.49. The Morgan fingerprint density at radius 2 is 1.71 bits per heavy atom. The van der Waals surface area contributed by atoms with Crippen LogP contribution in [0.25, 0.3) is 21.7 Å². The number of para-hydroxylation sites is 1. The van der Waals surface area contributed by atoms with Crippen molar-refractivity contribution in [2.24, 2.45) is 0 Å². The van der Waals surface area contributed by atoms with E-state index in [1.165, 1.54) is 6.20 Å². The molecule has 4 N–H and O–H groups in total. The maximum Gasteiger partial charge on any atom is 0.413 e. The lowest BCUT2D eigenvalue weighted by Gasteiger charge is -2.22. The fraction of sp³-hybridized carbons (Fsp3) is 0.174. The second kappa shape index (κ2) is 8.31. The van der Waals surface area contributed by atoms with Gasteiger partial charge in [0.05, 0.1) is 6.10 Å². The molecule has 2 unspecified atom stereocenters. The van der Waals surface area contributed by atoms with E-state index in [1.54, 1.807) is 36.4 Å². The van der Waals surface area contributed by atoms with Gasteiger partial charge in [0.25, 0.3) is 0 Å². The molecule has 160 valence electrons. The van der Waals surface area contributed by atoms with Crippen LogP contribution in [0.2, 0.25) is 0 Å². The lowest BCUT2D eigenvalue weighted by molar-refractivity contribution is -0.154. The number of aliphatic hydroxyl groups excluding tert-OH is 1. The number of fused-ring (bicyclic) bond motifs is 2. The zero-order valence-electron chi connectivity index (χ0n) is 16.3. The summed E-state index contributed by atoms with van der Waals surface area (Å²) in [5.41, 5.74) is 1.03. The number of aromatic amines is 1. The number of halogens is 3. The van der Waals surface area contributed by atoms with Crippen molar-refractivity contribution in [1.29, 1.82) is 0 Å². The number of amides is 2. The lowest BCUT2D eigenvalue weighted by atomic mass is 10.0. The molecule has 0 spiro atoms. The third-order valence-corrected chi connectivity index (χ3v) is 5.15. The first-order chi connectivity index (χ1) is 14.8. The van der Waals surface area contributed by atoms with Gasteiger partial charge in [-0.15, -0.1) is 0 Å². The Bertz CT molecular complexity index is 1220. The number of urea groups is 1. The van der Waals surface area contributed by atoms with Crippen LogP contribution in [0.5, 0.6) is 0 Å². The molecule has 31 heavy (non-hydrogen) atoms. The van der Waals surface area contributed by atoms with E-state index >= 15 is 0 Å². The Labute approximate surface area is 175 Å². The predicted molar refractivity (Wildman–Crippen MR) is 113 cm³/mol. The molecule has 1 aromatic heterocycles. The Morgan fingerprint density at radius 1 is 1.00 bits per heavy atom. The first-order valence-electron chi connectivity index (χ1n) is 9.67. The number of hydrogen-bond donors (Lipinski definition) is 4. The maximum atomic E-state index is 13.7. The van der Waals surface area contributed by atoms with Gasteiger partial charge in [-0.1, -0.05) is 54.6 Å². The first-order valence-corrected chi connectivity index (χ1v) is 9.67. The van der Waals surface area contributed by atoms with Crippen molar-refractivity contribution in [1.82, 2.24) is 15.6 Å². The van der Waals surface area contributed by atoms with Crippen LogP contribution in [0.3, 0.4) is 0 Å². The van der Waals surface area contributed by atoms with Crippen LogP contribution in [-0.4, -0.2) is 28.8 Å². The van der Waals surface area contributed by atoms with Gasteiger partial charge in [-0.3, -0.25) is 0 Å². The molecule has 2 atom stereocenters. The maximum absolute atomic E-state index is 13.7. The van der Waals surface area contributed by atoms with Crippen molar-refractivity contribution >= 4 is 27.7 Å². The smallest absolute Gasteiger partial charge is 0.387 e. The fourth-order valence-electron chi connectivity index (χ4n) is 3.57. The van der Waals surface area contributed by atoms with Gasteiger partial charge in [0.2, 0.25) is 0 Å². The quantitative estimate of drug-likeness (QED) is 0.363. The molecule has 2 amide bonds. The highest BCUT2D eigenvalue weighted by Gasteiger charge is 2.43. The average Bonchev–Trinajstić information content (AvgIpc) is 3.18. The number of carbonyl (C=O) groups excluding carboxylic acids is 1. The minimum absolute atomic E-state index is 0.0756. The summed E-state index contributed by atoms with van der Waals surface area (Å²) in [5, 5.41) is 17.0. The summed E-state index contributed by atoms with van der Waals surface area (Å²) in [7, 11) is 0. The molecule has 4 aromatic rings. The van der Waals surface area contributed by atoms with Gasteiger partial charge in [-0.2, -0.15) is 13.2 Å². The minimum atomic E-state index is -4.70. The van der Waals surface area contributed by atoms with Gasteiger partial charge in [0.15, 0.2) is 6.04 Å². The van der Waals surface area contributed by atoms with Gasteiger partial charge in [0, 0.05) is 29.2 Å². The number of aliphatic hydroxyl groups is 1. The largest absolute Gasteiger partial charge is 0.413 e. The highest BCUT2D eigenvalue weighted by Crippen LogP contribution is 2.36. The summed E-state index contributed by atoms with van der Waals surface area (Å²) in [6.07, 6.45) is -4.51. The average molecular weight is 427 g/mol. The number of benzene rings is 3. The molecule has 1 heterocycles. The number of nitrogens with one attached hydrogen (secondary N) is 3. The van der Waals surface area contributed by atoms with E-state index in [4.69, 9.17) is 0 Å². The fourth-order valence-corrected chi connectivity index (χ4v) is 3.57. The zero-order chi connectivity index (χ0) is 22.0. The second-order valence-electron chi connectivity index (χ2n) is 7.24. The lowest BCUT2D eigenvalue weighted by Crippen LogP contribution is -2.44. The predicted octanol–water partition coefficient (Wildman–Crippen LogP) is 4.96. The monoisotopic (exact) mass is 427 g/mol. The molecular weight excluding hydrogens is 407 g/mol. The summed E-state index contributed by atoms with van der Waals surface area (Å²) in [6.45, 7) is -0.233. The van der Waals surface area contributed by atoms with Gasteiger partial charge in [0.1, 0.15) is 0 Å². The van der Waals surface area contributed by atoms with Crippen LogP contribution >= 0.6 is 0 Å². The molecule has 0 saturated heterocycles. The molecule has 0 bridgehead atoms. The Hall–Kier alpha value is -3.52. The molecule has 3 aromatic carbocycles. The molecule has 0 aliphatic carbocycles. The Balaban J connectivity index is 1.45. The third-order valence-electron chi connectivity index (χ3n) is 5.15. The van der Waals surface area contributed by atoms with Gasteiger partial charge < -0.3 is 20.7 Å². The number of alkyl halides is 3. The number of rotatable bonds is 5. The van der Waals surface area contributed by atoms with E-state index in [0.717, 1.165) is 10.8 Å². The normalized spacial score (nSPS) is 13.8. The molecule has 0 fully saturated rings. The van der Waals surface area contributed by atoms with Crippen LogP contribution in [0, 0.1) is 0 Å². The van der Waals surface area contributed by atoms with Crippen molar-refractivity contribution in [3.63, 3.8) is 0 Å². The van der Waals surface area contributed by atoms with Crippen molar-refractivity contribution in [3.05, 3.63) is 84.1 Å². The summed E-state index contributed by atoms with van der Waals surface area (Å²) < 4.78 is 41.0. The number of carbonyl (C=O) groups is 1. The molecule has 0 radical (unpaired) electrons. The van der Waals surface area contributed by atoms with E-state index in [9.17, 15) is 23.1 Å². The second-order valence-corrected chi connectivity index (χ2v) is 7.24. The van der Waals surface area contributed by atoms with E-state index in [-0.39, 0.29) is 12.1 Å². The summed E-state index contributed by atoms with van der Waals surface area (Å²) >= 11 is 0. The van der Waals surface area contributed by atoms with Gasteiger partial charge >= 0.3 is 12.2 Å². The SMILES string of the molecule is O=C(NCC(O)c1ccc2ccccc2c1)NC(c1c[nH]c2ccccc12)C(F)(F)F. The Kier molecular flexibility index (Phi) is 5.56. The topological polar surface area (TPSA) is 77.2 Å². The standard InChI is InChI=1S/C23H20F3N3O2/c24-23(25,26)21(18-12-27-19-8-4-3-7-17(18)19)29-22(31)28-13-20(30)16-10-9-14-5-1-2-6-15(14)11-16/h1-12,20-21,27,30H,13H2,(H2,28,29,31). The molecule has 8 heteroatoms. The number of H-pyrrole nitrogens is 1. The summed E-state index contributed by atoms with van der Waals surface area (Å²) in [4.78, 5) is 15.0. The molecule has 0 saturated carbocycles. The van der Waals surface area contributed by atoms with Crippen LogP contribution in [-0.2, 0) is 0 Å². The molecule has 0 aliphatic heterocycles. The Morgan fingerprint density at radius 3 is 2.48 bits per heavy atom. The van der Waals surface area contributed by atoms with E-state index in [0.29, 0.717) is 16.5 Å². The summed E-state index contributed by atoms with van der Waals surface area (Å²) in [5.74, 6) is 0. The van der Waals surface area contributed by atoms with Crippen LogP contribution in [0.4, 0.5) is 18.0 Å².